The topological polar surface area (TPSA) is 87.0 Å². The van der Waals surface area contributed by atoms with Crippen LogP contribution in [-0.4, -0.2) is 14.7 Å². The van der Waals surface area contributed by atoms with Gasteiger partial charge in [-0.25, -0.2) is 4.68 Å². The summed E-state index contributed by atoms with van der Waals surface area (Å²) in [5.41, 5.74) is 6.80. The molecule has 0 fully saturated rings. The largest absolute Gasteiger partial charge is 0.384 e. The van der Waals surface area contributed by atoms with Crippen molar-refractivity contribution in [3.63, 3.8) is 0 Å². The summed E-state index contributed by atoms with van der Waals surface area (Å²) < 4.78 is 1.37. The fourth-order valence-corrected chi connectivity index (χ4v) is 1.51. The first kappa shape index (κ1) is 10.2. The Morgan fingerprint density at radius 3 is 2.69 bits per heavy atom. The van der Waals surface area contributed by atoms with Crippen LogP contribution in [0.1, 0.15) is 5.69 Å². The number of nitro groups is 1. The number of benzene rings is 1. The Morgan fingerprint density at radius 1 is 1.44 bits per heavy atom. The molecular formula is C10H10N4O2. The van der Waals surface area contributed by atoms with Gasteiger partial charge >= 0.3 is 0 Å². The molecule has 0 aliphatic carbocycles. The standard InChI is InChI=1S/C10H10N4O2/c1-7-6-10(11)13(12-7)8-4-2-3-5-9(8)14(15)16/h2-6H,11H2,1H3. The van der Waals surface area contributed by atoms with Gasteiger partial charge < -0.3 is 5.73 Å². The summed E-state index contributed by atoms with van der Waals surface area (Å²) >= 11 is 0. The third kappa shape index (κ3) is 1.60. The Morgan fingerprint density at radius 2 is 2.12 bits per heavy atom. The van der Waals surface area contributed by atoms with Crippen LogP contribution in [0.5, 0.6) is 0 Å². The summed E-state index contributed by atoms with van der Waals surface area (Å²) in [5.74, 6) is 0.381. The molecule has 0 unspecified atom stereocenters. The normalized spacial score (nSPS) is 10.3. The molecule has 16 heavy (non-hydrogen) atoms. The number of nitrogens with two attached hydrogens (primary N) is 1. The SMILES string of the molecule is Cc1cc(N)n(-c2ccccc2[N+](=O)[O-])n1. The van der Waals surface area contributed by atoms with E-state index >= 15 is 0 Å². The van der Waals surface area contributed by atoms with Crippen molar-refractivity contribution in [2.45, 2.75) is 6.92 Å². The molecule has 0 spiro atoms. The van der Waals surface area contributed by atoms with Gasteiger partial charge in [-0.05, 0) is 13.0 Å². The van der Waals surface area contributed by atoms with Crippen molar-refractivity contribution >= 4 is 11.5 Å². The van der Waals surface area contributed by atoms with Crippen LogP contribution in [-0.2, 0) is 0 Å². The average Bonchev–Trinajstić information content (AvgIpc) is 2.57. The summed E-state index contributed by atoms with van der Waals surface area (Å²) in [5, 5.41) is 14.9. The molecular weight excluding hydrogens is 208 g/mol. The Hall–Kier alpha value is -2.37. The zero-order valence-electron chi connectivity index (χ0n) is 8.62. The highest BCUT2D eigenvalue weighted by Gasteiger charge is 2.16. The molecule has 1 aromatic heterocycles. The highest BCUT2D eigenvalue weighted by Crippen LogP contribution is 2.24. The quantitative estimate of drug-likeness (QED) is 0.613. The van der Waals surface area contributed by atoms with Gasteiger partial charge in [0.15, 0.2) is 0 Å². The van der Waals surface area contributed by atoms with Crippen molar-refractivity contribution < 1.29 is 4.92 Å². The maximum atomic E-state index is 10.8. The molecule has 0 atom stereocenters. The highest BCUT2D eigenvalue weighted by molar-refractivity contribution is 5.55. The lowest BCUT2D eigenvalue weighted by atomic mass is 10.3. The molecule has 2 rings (SSSR count). The van der Waals surface area contributed by atoms with E-state index in [0.717, 1.165) is 5.69 Å². The van der Waals surface area contributed by atoms with Gasteiger partial charge in [0.1, 0.15) is 11.5 Å². The molecule has 0 aliphatic heterocycles. The van der Waals surface area contributed by atoms with Gasteiger partial charge in [-0.1, -0.05) is 12.1 Å². The Kier molecular flexibility index (Phi) is 2.32. The Balaban J connectivity index is 2.64. The molecule has 0 saturated carbocycles. The lowest BCUT2D eigenvalue weighted by molar-refractivity contribution is -0.384. The maximum Gasteiger partial charge on any atom is 0.294 e. The molecule has 0 radical (unpaired) electrons. The lowest BCUT2D eigenvalue weighted by Crippen LogP contribution is -2.04. The van der Waals surface area contributed by atoms with E-state index in [1.165, 1.54) is 10.7 Å². The number of nitrogens with zero attached hydrogens (tertiary/aromatic N) is 3. The molecule has 0 bridgehead atoms. The molecule has 6 nitrogen and oxygen atoms in total. The van der Waals surface area contributed by atoms with Crippen LogP contribution in [0.2, 0.25) is 0 Å². The zero-order chi connectivity index (χ0) is 11.7. The molecule has 2 N–H and O–H groups in total. The van der Waals surface area contributed by atoms with Gasteiger partial charge in [-0.15, -0.1) is 0 Å². The van der Waals surface area contributed by atoms with Crippen molar-refractivity contribution in [3.05, 3.63) is 46.1 Å². The van der Waals surface area contributed by atoms with Crippen molar-refractivity contribution in [2.24, 2.45) is 0 Å². The molecule has 0 aliphatic rings. The number of nitro benzene ring substituents is 1. The fraction of sp³-hybridized carbons (Fsp3) is 0.100. The first-order chi connectivity index (χ1) is 7.59. The third-order valence-electron chi connectivity index (χ3n) is 2.17. The van der Waals surface area contributed by atoms with Gasteiger partial charge in [0.25, 0.3) is 5.69 Å². The van der Waals surface area contributed by atoms with E-state index in [0.29, 0.717) is 11.5 Å². The van der Waals surface area contributed by atoms with E-state index in [1.807, 2.05) is 0 Å². The van der Waals surface area contributed by atoms with Crippen LogP contribution in [0.4, 0.5) is 11.5 Å². The van der Waals surface area contributed by atoms with Gasteiger partial charge in [0.05, 0.1) is 10.6 Å². The van der Waals surface area contributed by atoms with Gasteiger partial charge in [0, 0.05) is 12.1 Å². The van der Waals surface area contributed by atoms with Crippen LogP contribution < -0.4 is 5.73 Å². The zero-order valence-corrected chi connectivity index (χ0v) is 8.62. The molecule has 82 valence electrons. The summed E-state index contributed by atoms with van der Waals surface area (Å²) in [6.07, 6.45) is 0. The van der Waals surface area contributed by atoms with E-state index in [2.05, 4.69) is 5.10 Å². The van der Waals surface area contributed by atoms with Gasteiger partial charge in [-0.2, -0.15) is 5.10 Å². The number of para-hydroxylation sites is 2. The summed E-state index contributed by atoms with van der Waals surface area (Å²) in [6.45, 7) is 1.78. The smallest absolute Gasteiger partial charge is 0.294 e. The number of nitrogen functional groups attached to an aromatic ring is 1. The van der Waals surface area contributed by atoms with Crippen molar-refractivity contribution in [3.8, 4) is 5.69 Å². The second-order valence-electron chi connectivity index (χ2n) is 3.37. The van der Waals surface area contributed by atoms with E-state index < -0.39 is 4.92 Å². The van der Waals surface area contributed by atoms with Gasteiger partial charge in [-0.3, -0.25) is 10.1 Å². The molecule has 1 heterocycles. The van der Waals surface area contributed by atoms with E-state index in [9.17, 15) is 10.1 Å². The number of aromatic nitrogens is 2. The number of rotatable bonds is 2. The Labute approximate surface area is 91.5 Å². The minimum Gasteiger partial charge on any atom is -0.384 e. The van der Waals surface area contributed by atoms with Crippen molar-refractivity contribution in [1.82, 2.24) is 9.78 Å². The van der Waals surface area contributed by atoms with Gasteiger partial charge in [0.2, 0.25) is 0 Å². The second-order valence-corrected chi connectivity index (χ2v) is 3.37. The lowest BCUT2D eigenvalue weighted by Gasteiger charge is -2.04. The summed E-state index contributed by atoms with van der Waals surface area (Å²) in [4.78, 5) is 10.4. The summed E-state index contributed by atoms with van der Waals surface area (Å²) in [7, 11) is 0. The molecule has 1 aromatic carbocycles. The minimum absolute atomic E-state index is 0.0164. The maximum absolute atomic E-state index is 10.8. The average molecular weight is 218 g/mol. The van der Waals surface area contributed by atoms with Crippen molar-refractivity contribution in [2.75, 3.05) is 5.73 Å². The molecule has 0 amide bonds. The first-order valence-corrected chi connectivity index (χ1v) is 4.65. The van der Waals surface area contributed by atoms with Crippen LogP contribution >= 0.6 is 0 Å². The summed E-state index contributed by atoms with van der Waals surface area (Å²) in [6, 6.07) is 8.01. The molecule has 0 saturated heterocycles. The minimum atomic E-state index is -0.453. The number of hydrogen-bond donors (Lipinski definition) is 1. The third-order valence-corrected chi connectivity index (χ3v) is 2.17. The van der Waals surface area contributed by atoms with Crippen LogP contribution in [0.15, 0.2) is 30.3 Å². The fourth-order valence-electron chi connectivity index (χ4n) is 1.51. The number of hydrogen-bond acceptors (Lipinski definition) is 4. The van der Waals surface area contributed by atoms with Crippen LogP contribution in [0.25, 0.3) is 5.69 Å². The van der Waals surface area contributed by atoms with Crippen LogP contribution in [0.3, 0.4) is 0 Å². The van der Waals surface area contributed by atoms with Crippen molar-refractivity contribution in [1.29, 1.82) is 0 Å². The number of anilines is 1. The Bertz CT molecular complexity index is 548. The predicted octanol–water partition coefficient (Wildman–Crippen LogP) is 1.67. The highest BCUT2D eigenvalue weighted by atomic mass is 16.6. The molecule has 2 aromatic rings. The number of aryl methyl sites for hydroxylation is 1. The predicted molar refractivity (Wildman–Crippen MR) is 59.4 cm³/mol. The van der Waals surface area contributed by atoms with Crippen LogP contribution in [0, 0.1) is 17.0 Å². The second kappa shape index (κ2) is 3.65. The van der Waals surface area contributed by atoms with E-state index in [-0.39, 0.29) is 5.69 Å². The first-order valence-electron chi connectivity index (χ1n) is 4.65. The molecule has 6 heteroatoms. The monoisotopic (exact) mass is 218 g/mol. The van der Waals surface area contributed by atoms with E-state index in [1.54, 1.807) is 31.2 Å². The van der Waals surface area contributed by atoms with E-state index in [4.69, 9.17) is 5.73 Å².